The Bertz CT molecular complexity index is 360. The van der Waals surface area contributed by atoms with Crippen LogP contribution in [0, 0.1) is 5.92 Å². The summed E-state index contributed by atoms with van der Waals surface area (Å²) in [6, 6.07) is 2.18. The molecule has 4 fully saturated rings. The molecule has 0 aromatic carbocycles. The number of fused-ring (bicyclic) bond motifs is 1. The van der Waals surface area contributed by atoms with E-state index in [1.54, 1.807) is 0 Å². The third kappa shape index (κ3) is 3.14. The topological polar surface area (TPSA) is 27.7 Å². The second-order valence-corrected chi connectivity index (χ2v) is 7.61. The van der Waals surface area contributed by atoms with Crippen molar-refractivity contribution in [3.8, 4) is 0 Å². The predicted molar refractivity (Wildman–Crippen MR) is 84.5 cm³/mol. The van der Waals surface area contributed by atoms with Gasteiger partial charge in [0, 0.05) is 44.3 Å². The lowest BCUT2D eigenvalue weighted by Crippen LogP contribution is -2.60. The highest BCUT2D eigenvalue weighted by Crippen LogP contribution is 2.34. The summed E-state index contributed by atoms with van der Waals surface area (Å²) in [4.78, 5) is 5.41. The van der Waals surface area contributed by atoms with Crippen LogP contribution < -0.4 is 5.32 Å². The molecule has 4 heteroatoms. The van der Waals surface area contributed by atoms with Gasteiger partial charge in [0.25, 0.3) is 0 Å². The fourth-order valence-electron chi connectivity index (χ4n) is 4.58. The zero-order chi connectivity index (χ0) is 14.2. The molecule has 1 N–H and O–H groups in total. The van der Waals surface area contributed by atoms with Gasteiger partial charge in [-0.2, -0.15) is 0 Å². The molecule has 21 heavy (non-hydrogen) atoms. The number of rotatable bonds is 4. The normalized spacial score (nSPS) is 42.1. The number of nitrogens with one attached hydrogen (secondary N) is 1. The van der Waals surface area contributed by atoms with Crippen LogP contribution in [-0.2, 0) is 4.74 Å². The number of morpholine rings is 1. The minimum absolute atomic E-state index is 0.436. The van der Waals surface area contributed by atoms with E-state index in [-0.39, 0.29) is 0 Å². The summed E-state index contributed by atoms with van der Waals surface area (Å²) in [5, 5.41) is 3.79. The highest BCUT2D eigenvalue weighted by molar-refractivity contribution is 4.95. The molecule has 4 atom stereocenters. The van der Waals surface area contributed by atoms with Gasteiger partial charge in [-0.1, -0.05) is 6.92 Å². The number of ether oxygens (including phenoxy) is 1. The van der Waals surface area contributed by atoms with Crippen molar-refractivity contribution in [1.29, 1.82) is 0 Å². The molecule has 4 nitrogen and oxygen atoms in total. The molecule has 3 heterocycles. The van der Waals surface area contributed by atoms with Crippen molar-refractivity contribution in [3.63, 3.8) is 0 Å². The summed E-state index contributed by atoms with van der Waals surface area (Å²) >= 11 is 0. The Morgan fingerprint density at radius 2 is 2.10 bits per heavy atom. The SMILES string of the molecule is CCC1CNC(C2CC2)CN1CC1CN2CCCC2CO1. The monoisotopic (exact) mass is 293 g/mol. The Kier molecular flexibility index (Phi) is 4.23. The molecule has 4 unspecified atom stereocenters. The van der Waals surface area contributed by atoms with E-state index >= 15 is 0 Å². The molecule has 0 aromatic heterocycles. The molecular formula is C17H31N3O. The summed E-state index contributed by atoms with van der Waals surface area (Å²) in [6.07, 6.45) is 7.29. The van der Waals surface area contributed by atoms with E-state index in [1.807, 2.05) is 0 Å². The zero-order valence-electron chi connectivity index (χ0n) is 13.5. The molecule has 0 spiro atoms. The number of nitrogens with zero attached hydrogens (tertiary/aromatic N) is 2. The van der Waals surface area contributed by atoms with E-state index < -0.39 is 0 Å². The van der Waals surface area contributed by atoms with Gasteiger partial charge in [0.2, 0.25) is 0 Å². The molecule has 0 bridgehead atoms. The maximum absolute atomic E-state index is 6.20. The lowest BCUT2D eigenvalue weighted by atomic mass is 10.0. The van der Waals surface area contributed by atoms with E-state index in [1.165, 1.54) is 58.3 Å². The molecule has 0 aromatic rings. The third-order valence-electron chi connectivity index (χ3n) is 6.13. The predicted octanol–water partition coefficient (Wildman–Crippen LogP) is 1.31. The Hall–Kier alpha value is -0.160. The minimum atomic E-state index is 0.436. The Morgan fingerprint density at radius 3 is 2.90 bits per heavy atom. The zero-order valence-corrected chi connectivity index (χ0v) is 13.5. The van der Waals surface area contributed by atoms with E-state index in [2.05, 4.69) is 22.0 Å². The van der Waals surface area contributed by atoms with Crippen molar-refractivity contribution >= 4 is 0 Å². The second kappa shape index (κ2) is 6.15. The summed E-state index contributed by atoms with van der Waals surface area (Å²) in [7, 11) is 0. The standard InChI is InChI=1S/C17H31N3O/c1-2-14-8-18-17(13-5-6-13)11-20(14)10-16-9-19-7-3-4-15(19)12-21-16/h13-18H,2-12H2,1H3. The van der Waals surface area contributed by atoms with Gasteiger partial charge >= 0.3 is 0 Å². The molecule has 0 radical (unpaired) electrons. The number of piperazine rings is 1. The molecule has 4 rings (SSSR count). The molecule has 120 valence electrons. The lowest BCUT2D eigenvalue weighted by molar-refractivity contribution is -0.0697. The Labute approximate surface area is 129 Å². The van der Waals surface area contributed by atoms with Gasteiger partial charge in [-0.15, -0.1) is 0 Å². The molecule has 0 amide bonds. The van der Waals surface area contributed by atoms with Crippen LogP contribution in [0.4, 0.5) is 0 Å². The summed E-state index contributed by atoms with van der Waals surface area (Å²) in [5.74, 6) is 0.959. The van der Waals surface area contributed by atoms with Crippen molar-refractivity contribution in [2.75, 3.05) is 39.3 Å². The van der Waals surface area contributed by atoms with E-state index in [9.17, 15) is 0 Å². The first kappa shape index (κ1) is 14.4. The third-order valence-corrected chi connectivity index (χ3v) is 6.13. The van der Waals surface area contributed by atoms with Crippen LogP contribution in [0.15, 0.2) is 0 Å². The lowest BCUT2D eigenvalue weighted by Gasteiger charge is -2.44. The van der Waals surface area contributed by atoms with Gasteiger partial charge in [0.15, 0.2) is 0 Å². The Morgan fingerprint density at radius 1 is 1.19 bits per heavy atom. The van der Waals surface area contributed by atoms with Gasteiger partial charge < -0.3 is 10.1 Å². The van der Waals surface area contributed by atoms with Gasteiger partial charge in [0.05, 0.1) is 12.7 Å². The summed E-state index contributed by atoms with van der Waals surface area (Å²) < 4.78 is 6.20. The quantitative estimate of drug-likeness (QED) is 0.846. The van der Waals surface area contributed by atoms with Crippen LogP contribution in [0.2, 0.25) is 0 Å². The van der Waals surface area contributed by atoms with E-state index in [4.69, 9.17) is 4.74 Å². The number of hydrogen-bond acceptors (Lipinski definition) is 4. The second-order valence-electron chi connectivity index (χ2n) is 7.61. The molecule has 1 saturated carbocycles. The fourth-order valence-corrected chi connectivity index (χ4v) is 4.58. The maximum Gasteiger partial charge on any atom is 0.0829 e. The van der Waals surface area contributed by atoms with Crippen molar-refractivity contribution in [2.24, 2.45) is 5.92 Å². The highest BCUT2D eigenvalue weighted by atomic mass is 16.5. The largest absolute Gasteiger partial charge is 0.374 e. The summed E-state index contributed by atoms with van der Waals surface area (Å²) in [6.45, 7) is 9.33. The van der Waals surface area contributed by atoms with Crippen LogP contribution >= 0.6 is 0 Å². The molecule has 4 aliphatic rings. The smallest absolute Gasteiger partial charge is 0.0829 e. The van der Waals surface area contributed by atoms with Crippen LogP contribution in [0.1, 0.15) is 39.0 Å². The average Bonchev–Trinajstić information content (AvgIpc) is 3.25. The maximum atomic E-state index is 6.20. The first-order valence-corrected chi connectivity index (χ1v) is 9.16. The van der Waals surface area contributed by atoms with Crippen molar-refractivity contribution in [3.05, 3.63) is 0 Å². The van der Waals surface area contributed by atoms with Crippen LogP contribution in [0.25, 0.3) is 0 Å². The molecule has 3 saturated heterocycles. The first-order chi connectivity index (χ1) is 10.3. The first-order valence-electron chi connectivity index (χ1n) is 9.16. The van der Waals surface area contributed by atoms with Gasteiger partial charge in [-0.05, 0) is 44.6 Å². The van der Waals surface area contributed by atoms with Gasteiger partial charge in [-0.25, -0.2) is 0 Å². The Balaban J connectivity index is 1.34. The molecule has 1 aliphatic carbocycles. The molecular weight excluding hydrogens is 262 g/mol. The van der Waals surface area contributed by atoms with Gasteiger partial charge in [-0.3, -0.25) is 9.80 Å². The highest BCUT2D eigenvalue weighted by Gasteiger charge is 2.39. The number of hydrogen-bond donors (Lipinski definition) is 1. The van der Waals surface area contributed by atoms with Crippen LogP contribution in [0.5, 0.6) is 0 Å². The van der Waals surface area contributed by atoms with Crippen molar-refractivity contribution < 1.29 is 4.74 Å². The minimum Gasteiger partial charge on any atom is -0.374 e. The molecule has 3 aliphatic heterocycles. The van der Waals surface area contributed by atoms with Crippen LogP contribution in [0.3, 0.4) is 0 Å². The average molecular weight is 293 g/mol. The fraction of sp³-hybridized carbons (Fsp3) is 1.00. The van der Waals surface area contributed by atoms with Gasteiger partial charge in [0.1, 0.15) is 0 Å². The van der Waals surface area contributed by atoms with Crippen molar-refractivity contribution in [1.82, 2.24) is 15.1 Å². The van der Waals surface area contributed by atoms with E-state index in [0.29, 0.717) is 12.1 Å². The van der Waals surface area contributed by atoms with E-state index in [0.717, 1.165) is 31.2 Å². The van der Waals surface area contributed by atoms with Crippen LogP contribution in [-0.4, -0.2) is 73.4 Å². The van der Waals surface area contributed by atoms with Crippen molar-refractivity contribution in [2.45, 2.75) is 63.3 Å². The summed E-state index contributed by atoms with van der Waals surface area (Å²) in [5.41, 5.74) is 0.